The molecule has 0 atom stereocenters. The van der Waals surface area contributed by atoms with Gasteiger partial charge in [0.15, 0.2) is 5.03 Å². The molecule has 0 aliphatic rings. The zero-order chi connectivity index (χ0) is 11.7. The van der Waals surface area contributed by atoms with Crippen LogP contribution in [0, 0.1) is 0 Å². The molecule has 1 heterocycles. The summed E-state index contributed by atoms with van der Waals surface area (Å²) in [7, 11) is -6.88. The maximum absolute atomic E-state index is 11.4. The van der Waals surface area contributed by atoms with Crippen molar-refractivity contribution in [3.8, 4) is 0 Å². The number of hydrogen-bond donors (Lipinski definition) is 2. The van der Waals surface area contributed by atoms with E-state index in [-0.39, 0.29) is 0 Å². The van der Waals surface area contributed by atoms with Crippen molar-refractivity contribution in [2.24, 2.45) is 5.14 Å². The van der Waals surface area contributed by atoms with Crippen LogP contribution in [0.3, 0.4) is 0 Å². The van der Waals surface area contributed by atoms with Crippen molar-refractivity contribution in [1.29, 1.82) is 0 Å². The number of primary sulfonamides is 1. The number of pyridine rings is 1. The molecule has 0 fully saturated rings. The lowest BCUT2D eigenvalue weighted by Gasteiger charge is -2.05. The van der Waals surface area contributed by atoms with Crippen LogP contribution in [0.2, 0.25) is 0 Å². The first kappa shape index (κ1) is 12.0. The van der Waals surface area contributed by atoms with Crippen LogP contribution in [-0.4, -0.2) is 28.9 Å². The van der Waals surface area contributed by atoms with E-state index in [1.807, 2.05) is 4.72 Å². The Kier molecular flexibility index (Phi) is 3.09. The first-order chi connectivity index (χ1) is 6.79. The van der Waals surface area contributed by atoms with E-state index in [9.17, 15) is 16.8 Å². The summed E-state index contributed by atoms with van der Waals surface area (Å²) in [6.45, 7) is 0. The number of nitrogens with zero attached hydrogens (tertiary/aromatic N) is 1. The van der Waals surface area contributed by atoms with Gasteiger partial charge in [-0.25, -0.2) is 31.7 Å². The molecule has 0 spiro atoms. The molecule has 84 valence electrons. The Morgan fingerprint density at radius 3 is 2.40 bits per heavy atom. The zero-order valence-electron chi connectivity index (χ0n) is 7.71. The van der Waals surface area contributed by atoms with Crippen LogP contribution in [0.5, 0.6) is 0 Å². The lowest BCUT2D eigenvalue weighted by atomic mass is 10.5. The molecule has 9 heteroatoms. The van der Waals surface area contributed by atoms with Gasteiger partial charge in [-0.15, -0.1) is 0 Å². The molecule has 3 N–H and O–H groups in total. The normalized spacial score (nSPS) is 12.7. The largest absolute Gasteiger partial charge is 0.256 e. The molecule has 0 unspecified atom stereocenters. The summed E-state index contributed by atoms with van der Waals surface area (Å²) in [6, 6.07) is 2.41. The molecule has 15 heavy (non-hydrogen) atoms. The lowest BCUT2D eigenvalue weighted by molar-refractivity contribution is 0.574. The van der Waals surface area contributed by atoms with E-state index in [0.29, 0.717) is 0 Å². The average Bonchev–Trinajstić information content (AvgIpc) is 2.16. The van der Waals surface area contributed by atoms with Crippen LogP contribution < -0.4 is 9.86 Å². The topological polar surface area (TPSA) is 119 Å². The minimum absolute atomic E-state index is 0.463. The third-order valence-corrected chi connectivity index (χ3v) is 4.00. The van der Waals surface area contributed by atoms with Gasteiger partial charge in [-0.3, -0.25) is 0 Å². The van der Waals surface area contributed by atoms with Crippen molar-refractivity contribution in [3.63, 3.8) is 0 Å². The van der Waals surface area contributed by atoms with Gasteiger partial charge < -0.3 is 0 Å². The van der Waals surface area contributed by atoms with Gasteiger partial charge in [0.25, 0.3) is 10.0 Å². The third kappa shape index (κ3) is 2.50. The molecule has 1 aromatic rings. The maximum atomic E-state index is 11.4. The van der Waals surface area contributed by atoms with Crippen molar-refractivity contribution in [3.05, 3.63) is 18.3 Å². The van der Waals surface area contributed by atoms with Crippen molar-refractivity contribution in [2.45, 2.75) is 9.92 Å². The summed E-state index contributed by atoms with van der Waals surface area (Å²) in [5.74, 6) is 0. The molecule has 1 rings (SSSR count). The van der Waals surface area contributed by atoms with Gasteiger partial charge in [-0.1, -0.05) is 0 Å². The Balaban J connectivity index is 3.59. The SMILES string of the molecule is CNS(=O)(=O)c1cccnc1S(N)(=O)=O. The van der Waals surface area contributed by atoms with Gasteiger partial charge in [0, 0.05) is 6.20 Å². The standard InChI is InChI=1S/C6H9N3O4S2/c1-8-15(12,13)5-3-2-4-9-6(5)14(7,10)11/h2-4,8H,1H3,(H2,7,10,11). The van der Waals surface area contributed by atoms with Crippen molar-refractivity contribution in [1.82, 2.24) is 9.71 Å². The quantitative estimate of drug-likeness (QED) is 0.687. The minimum atomic E-state index is -4.16. The van der Waals surface area contributed by atoms with E-state index in [4.69, 9.17) is 5.14 Å². The molecule has 0 aliphatic heterocycles. The van der Waals surface area contributed by atoms with E-state index in [1.54, 1.807) is 0 Å². The van der Waals surface area contributed by atoms with Gasteiger partial charge in [0.2, 0.25) is 10.0 Å². The van der Waals surface area contributed by atoms with Crippen LogP contribution >= 0.6 is 0 Å². The summed E-state index contributed by atoms with van der Waals surface area (Å²) < 4.78 is 46.9. The molecule has 0 amide bonds. The molecular formula is C6H9N3O4S2. The number of hydrogen-bond acceptors (Lipinski definition) is 5. The Bertz CT molecular complexity index is 564. The highest BCUT2D eigenvalue weighted by Crippen LogP contribution is 2.15. The molecular weight excluding hydrogens is 242 g/mol. The van der Waals surface area contributed by atoms with E-state index in [1.165, 1.54) is 6.07 Å². The summed E-state index contributed by atoms with van der Waals surface area (Å²) in [4.78, 5) is 2.97. The molecule has 1 aromatic heterocycles. The number of nitrogens with two attached hydrogens (primary N) is 1. The van der Waals surface area contributed by atoms with Gasteiger partial charge in [-0.05, 0) is 19.2 Å². The fourth-order valence-electron chi connectivity index (χ4n) is 0.904. The van der Waals surface area contributed by atoms with E-state index >= 15 is 0 Å². The predicted molar refractivity (Wildman–Crippen MR) is 51.9 cm³/mol. The number of rotatable bonds is 3. The number of sulfonamides is 2. The highest BCUT2D eigenvalue weighted by molar-refractivity contribution is 7.92. The summed E-state index contributed by atoms with van der Waals surface area (Å²) in [5, 5.41) is 4.16. The van der Waals surface area contributed by atoms with E-state index in [0.717, 1.165) is 19.3 Å². The van der Waals surface area contributed by atoms with Crippen molar-refractivity contribution < 1.29 is 16.8 Å². The molecule has 0 aliphatic carbocycles. The molecule has 0 bridgehead atoms. The van der Waals surface area contributed by atoms with Gasteiger partial charge >= 0.3 is 0 Å². The van der Waals surface area contributed by atoms with Crippen molar-refractivity contribution in [2.75, 3.05) is 7.05 Å². The Hall–Kier alpha value is -1.03. The molecule has 0 saturated carbocycles. The summed E-state index contributed by atoms with van der Waals surface area (Å²) >= 11 is 0. The van der Waals surface area contributed by atoms with Crippen LogP contribution in [0.4, 0.5) is 0 Å². The Morgan fingerprint density at radius 2 is 1.93 bits per heavy atom. The smallest absolute Gasteiger partial charge is 0.242 e. The summed E-state index contributed by atoms with van der Waals surface area (Å²) in [5.41, 5.74) is 0. The Labute approximate surface area is 87.4 Å². The first-order valence-corrected chi connectivity index (χ1v) is 6.73. The Morgan fingerprint density at radius 1 is 1.33 bits per heavy atom. The number of nitrogens with one attached hydrogen (secondary N) is 1. The molecule has 0 saturated heterocycles. The molecule has 0 aromatic carbocycles. The van der Waals surface area contributed by atoms with Crippen LogP contribution in [0.1, 0.15) is 0 Å². The van der Waals surface area contributed by atoms with Crippen molar-refractivity contribution >= 4 is 20.0 Å². The second kappa shape index (κ2) is 3.85. The van der Waals surface area contributed by atoms with Gasteiger partial charge in [0.1, 0.15) is 4.90 Å². The number of aromatic nitrogens is 1. The van der Waals surface area contributed by atoms with Crippen LogP contribution in [0.25, 0.3) is 0 Å². The predicted octanol–water partition coefficient (Wildman–Crippen LogP) is -1.36. The zero-order valence-corrected chi connectivity index (χ0v) is 9.34. The van der Waals surface area contributed by atoms with Gasteiger partial charge in [-0.2, -0.15) is 0 Å². The summed E-state index contributed by atoms with van der Waals surface area (Å²) in [6.07, 6.45) is 1.15. The average molecular weight is 251 g/mol. The van der Waals surface area contributed by atoms with Gasteiger partial charge in [0.05, 0.1) is 0 Å². The fraction of sp³-hybridized carbons (Fsp3) is 0.167. The fourth-order valence-corrected chi connectivity index (χ4v) is 2.90. The molecule has 7 nitrogen and oxygen atoms in total. The highest BCUT2D eigenvalue weighted by Gasteiger charge is 2.23. The molecule has 0 radical (unpaired) electrons. The maximum Gasteiger partial charge on any atom is 0.256 e. The van der Waals surface area contributed by atoms with Crippen LogP contribution in [-0.2, 0) is 20.0 Å². The second-order valence-electron chi connectivity index (χ2n) is 2.56. The van der Waals surface area contributed by atoms with E-state index < -0.39 is 30.0 Å². The third-order valence-electron chi connectivity index (χ3n) is 1.56. The minimum Gasteiger partial charge on any atom is -0.242 e. The van der Waals surface area contributed by atoms with Crippen LogP contribution in [0.15, 0.2) is 28.3 Å². The second-order valence-corrected chi connectivity index (χ2v) is 5.89. The van der Waals surface area contributed by atoms with E-state index in [2.05, 4.69) is 4.98 Å². The monoisotopic (exact) mass is 251 g/mol. The highest BCUT2D eigenvalue weighted by atomic mass is 32.2. The first-order valence-electron chi connectivity index (χ1n) is 3.70. The lowest BCUT2D eigenvalue weighted by Crippen LogP contribution is -2.24.